The quantitative estimate of drug-likeness (QED) is 0.614. The van der Waals surface area contributed by atoms with Gasteiger partial charge in [0.15, 0.2) is 0 Å². The van der Waals surface area contributed by atoms with Crippen molar-refractivity contribution in [1.29, 1.82) is 0 Å². The Morgan fingerprint density at radius 3 is 2.87 bits per heavy atom. The third-order valence-electron chi connectivity index (χ3n) is 1.93. The first-order chi connectivity index (χ1) is 7.27. The summed E-state index contributed by atoms with van der Waals surface area (Å²) in [5.41, 5.74) is 0.896. The summed E-state index contributed by atoms with van der Waals surface area (Å²) >= 11 is 1.55. The van der Waals surface area contributed by atoms with Crippen molar-refractivity contribution in [3.8, 4) is 0 Å². The molecule has 15 heavy (non-hydrogen) atoms. The molecule has 0 bridgehead atoms. The van der Waals surface area contributed by atoms with E-state index < -0.39 is 0 Å². The Balaban J connectivity index is 2.46. The second kappa shape index (κ2) is 6.48. The predicted molar refractivity (Wildman–Crippen MR) is 59.7 cm³/mol. The molecule has 0 heterocycles. The molecule has 0 atom stereocenters. The van der Waals surface area contributed by atoms with Gasteiger partial charge < -0.3 is 9.84 Å². The number of aliphatic hydroxyl groups is 1. The van der Waals surface area contributed by atoms with Gasteiger partial charge in [0.2, 0.25) is 0 Å². The lowest BCUT2D eigenvalue weighted by Gasteiger charge is -2.05. The van der Waals surface area contributed by atoms with Gasteiger partial charge in [-0.15, -0.1) is 11.8 Å². The Morgan fingerprint density at radius 1 is 1.47 bits per heavy atom. The van der Waals surface area contributed by atoms with Crippen molar-refractivity contribution >= 4 is 17.7 Å². The first kappa shape index (κ1) is 12.1. The summed E-state index contributed by atoms with van der Waals surface area (Å²) in [5, 5.41) is 9.07. The van der Waals surface area contributed by atoms with E-state index in [1.807, 2.05) is 24.3 Å². The minimum atomic E-state index is -0.205. The van der Waals surface area contributed by atoms with Crippen LogP contribution in [0.5, 0.6) is 0 Å². The molecule has 0 radical (unpaired) electrons. The minimum absolute atomic E-state index is 0.0292. The first-order valence-electron chi connectivity index (χ1n) is 4.66. The summed E-state index contributed by atoms with van der Waals surface area (Å²) in [5.74, 6) is 0.466. The van der Waals surface area contributed by atoms with Gasteiger partial charge in [0.25, 0.3) is 0 Å². The third kappa shape index (κ3) is 3.93. The van der Waals surface area contributed by atoms with Gasteiger partial charge in [-0.3, -0.25) is 4.79 Å². The number of rotatable bonds is 5. The molecule has 1 N–H and O–H groups in total. The Labute approximate surface area is 93.4 Å². The van der Waals surface area contributed by atoms with Gasteiger partial charge in [-0.2, -0.15) is 0 Å². The fourth-order valence-electron chi connectivity index (χ4n) is 1.12. The fraction of sp³-hybridized carbons (Fsp3) is 0.364. The zero-order valence-electron chi connectivity index (χ0n) is 8.60. The van der Waals surface area contributed by atoms with Crippen molar-refractivity contribution < 1.29 is 14.6 Å². The van der Waals surface area contributed by atoms with Crippen LogP contribution in [0, 0.1) is 0 Å². The second-order valence-electron chi connectivity index (χ2n) is 2.94. The molecule has 1 aromatic rings. The maximum atomic E-state index is 10.9. The van der Waals surface area contributed by atoms with E-state index in [1.165, 1.54) is 7.11 Å². The maximum Gasteiger partial charge on any atom is 0.306 e. The number of aliphatic hydroxyl groups excluding tert-OH is 1. The number of hydrogen-bond acceptors (Lipinski definition) is 4. The van der Waals surface area contributed by atoms with Crippen LogP contribution in [-0.4, -0.2) is 23.9 Å². The standard InChI is InChI=1S/C11H14O3S/c1-14-11(13)6-7-15-10-5-3-2-4-9(10)8-12/h2-5,12H,6-8H2,1H3. The van der Waals surface area contributed by atoms with Gasteiger partial charge in [0.05, 0.1) is 20.1 Å². The molecular formula is C11H14O3S. The monoisotopic (exact) mass is 226 g/mol. The highest BCUT2D eigenvalue weighted by molar-refractivity contribution is 7.99. The number of benzene rings is 1. The fourth-order valence-corrected chi connectivity index (χ4v) is 2.10. The number of hydrogen-bond donors (Lipinski definition) is 1. The van der Waals surface area contributed by atoms with Gasteiger partial charge in [0, 0.05) is 10.6 Å². The van der Waals surface area contributed by atoms with Gasteiger partial charge in [-0.05, 0) is 11.6 Å². The van der Waals surface area contributed by atoms with Crippen LogP contribution in [-0.2, 0) is 16.1 Å². The molecule has 1 rings (SSSR count). The summed E-state index contributed by atoms with van der Waals surface area (Å²) in [6.45, 7) is 0.0292. The summed E-state index contributed by atoms with van der Waals surface area (Å²) in [4.78, 5) is 11.9. The van der Waals surface area contributed by atoms with E-state index in [0.29, 0.717) is 12.2 Å². The largest absolute Gasteiger partial charge is 0.469 e. The Kier molecular flexibility index (Phi) is 5.21. The minimum Gasteiger partial charge on any atom is -0.469 e. The molecule has 0 aliphatic rings. The van der Waals surface area contributed by atoms with Crippen LogP contribution >= 0.6 is 11.8 Å². The van der Waals surface area contributed by atoms with Crippen molar-refractivity contribution in [3.63, 3.8) is 0 Å². The van der Waals surface area contributed by atoms with E-state index in [9.17, 15) is 4.79 Å². The summed E-state index contributed by atoms with van der Waals surface area (Å²) in [6.07, 6.45) is 0.390. The second-order valence-corrected chi connectivity index (χ2v) is 4.08. The molecule has 3 nitrogen and oxygen atoms in total. The van der Waals surface area contributed by atoms with Crippen molar-refractivity contribution in [2.75, 3.05) is 12.9 Å². The van der Waals surface area contributed by atoms with Crippen LogP contribution in [0.15, 0.2) is 29.2 Å². The molecule has 0 aliphatic heterocycles. The first-order valence-corrected chi connectivity index (χ1v) is 5.65. The predicted octanol–water partition coefficient (Wildman–Crippen LogP) is 1.83. The van der Waals surface area contributed by atoms with Crippen LogP contribution in [0.3, 0.4) is 0 Å². The number of methoxy groups -OCH3 is 1. The molecule has 0 saturated carbocycles. The average molecular weight is 226 g/mol. The Hall–Kier alpha value is -1.00. The van der Waals surface area contributed by atoms with Crippen LogP contribution in [0.1, 0.15) is 12.0 Å². The third-order valence-corrected chi connectivity index (χ3v) is 3.05. The molecule has 0 saturated heterocycles. The van der Waals surface area contributed by atoms with Gasteiger partial charge in [-0.1, -0.05) is 18.2 Å². The van der Waals surface area contributed by atoms with Crippen molar-refractivity contribution in [3.05, 3.63) is 29.8 Å². The van der Waals surface area contributed by atoms with E-state index in [4.69, 9.17) is 5.11 Å². The van der Waals surface area contributed by atoms with Crippen LogP contribution in [0.4, 0.5) is 0 Å². The van der Waals surface area contributed by atoms with Crippen LogP contribution in [0.2, 0.25) is 0 Å². The Bertz CT molecular complexity index is 325. The SMILES string of the molecule is COC(=O)CCSc1ccccc1CO. The van der Waals surface area contributed by atoms with E-state index >= 15 is 0 Å². The smallest absolute Gasteiger partial charge is 0.306 e. The molecule has 0 aliphatic carbocycles. The van der Waals surface area contributed by atoms with E-state index in [1.54, 1.807) is 11.8 Å². The lowest BCUT2D eigenvalue weighted by atomic mass is 10.2. The molecule has 0 aromatic heterocycles. The van der Waals surface area contributed by atoms with Crippen molar-refractivity contribution in [2.24, 2.45) is 0 Å². The van der Waals surface area contributed by atoms with Crippen molar-refractivity contribution in [2.45, 2.75) is 17.9 Å². The summed E-state index contributed by atoms with van der Waals surface area (Å²) in [7, 11) is 1.38. The molecule has 0 amide bonds. The van der Waals surface area contributed by atoms with Crippen LogP contribution in [0.25, 0.3) is 0 Å². The molecule has 0 spiro atoms. The normalized spacial score (nSPS) is 10.0. The van der Waals surface area contributed by atoms with Crippen molar-refractivity contribution in [1.82, 2.24) is 0 Å². The molecule has 82 valence electrons. The van der Waals surface area contributed by atoms with Crippen LogP contribution < -0.4 is 0 Å². The number of carbonyl (C=O) groups excluding carboxylic acids is 1. The summed E-state index contributed by atoms with van der Waals surface area (Å²) in [6, 6.07) is 7.61. The number of carbonyl (C=O) groups is 1. The molecule has 0 fully saturated rings. The van der Waals surface area contributed by atoms with E-state index in [0.717, 1.165) is 10.5 Å². The highest BCUT2D eigenvalue weighted by Gasteiger charge is 2.03. The molecule has 1 aromatic carbocycles. The van der Waals surface area contributed by atoms with Gasteiger partial charge >= 0.3 is 5.97 Å². The maximum absolute atomic E-state index is 10.9. The van der Waals surface area contributed by atoms with E-state index in [2.05, 4.69) is 4.74 Å². The highest BCUT2D eigenvalue weighted by Crippen LogP contribution is 2.23. The van der Waals surface area contributed by atoms with Gasteiger partial charge in [0.1, 0.15) is 0 Å². The summed E-state index contributed by atoms with van der Waals surface area (Å²) < 4.78 is 4.54. The topological polar surface area (TPSA) is 46.5 Å². The average Bonchev–Trinajstić information content (AvgIpc) is 2.29. The number of ether oxygens (including phenoxy) is 1. The van der Waals surface area contributed by atoms with E-state index in [-0.39, 0.29) is 12.6 Å². The number of esters is 1. The number of thioether (sulfide) groups is 1. The highest BCUT2D eigenvalue weighted by atomic mass is 32.2. The molecule has 4 heteroatoms. The van der Waals surface area contributed by atoms with Gasteiger partial charge in [-0.25, -0.2) is 0 Å². The zero-order valence-corrected chi connectivity index (χ0v) is 9.42. The molecular weight excluding hydrogens is 212 g/mol. The lowest BCUT2D eigenvalue weighted by molar-refractivity contribution is -0.140. The Morgan fingerprint density at radius 2 is 2.20 bits per heavy atom. The zero-order chi connectivity index (χ0) is 11.1. The molecule has 0 unspecified atom stereocenters. The lowest BCUT2D eigenvalue weighted by Crippen LogP contribution is -2.01.